The number of imide groups is 1. The lowest BCUT2D eigenvalue weighted by atomic mass is 9.53. The van der Waals surface area contributed by atoms with Gasteiger partial charge in [0, 0.05) is 35.3 Å². The Hall–Kier alpha value is -5.30. The molecule has 1 saturated heterocycles. The van der Waals surface area contributed by atoms with E-state index >= 15 is 0 Å². The van der Waals surface area contributed by atoms with Crippen molar-refractivity contribution in [1.29, 1.82) is 0 Å². The van der Waals surface area contributed by atoms with Gasteiger partial charge in [-0.05, 0) is 59.4 Å². The van der Waals surface area contributed by atoms with Gasteiger partial charge in [-0.3, -0.25) is 24.1 Å². The summed E-state index contributed by atoms with van der Waals surface area (Å²) in [5.41, 5.74) is 3.16. The van der Waals surface area contributed by atoms with Crippen molar-refractivity contribution >= 4 is 29.0 Å². The van der Waals surface area contributed by atoms with Gasteiger partial charge in [0.25, 0.3) is 5.91 Å². The molecule has 4 aliphatic rings. The van der Waals surface area contributed by atoms with Gasteiger partial charge in [-0.25, -0.2) is 0 Å². The Bertz CT molecular complexity index is 1910. The summed E-state index contributed by atoms with van der Waals surface area (Å²) < 4.78 is 5.51. The van der Waals surface area contributed by atoms with Gasteiger partial charge in [0.05, 0.1) is 18.4 Å². The fourth-order valence-corrected chi connectivity index (χ4v) is 7.42. The highest BCUT2D eigenvalue weighted by Gasteiger charge is 2.56. The number of rotatable bonds is 5. The van der Waals surface area contributed by atoms with Crippen LogP contribution in [0.25, 0.3) is 5.57 Å². The number of fused-ring (bicyclic) bond motifs is 2. The zero-order valence-electron chi connectivity index (χ0n) is 24.3. The highest BCUT2D eigenvalue weighted by Crippen LogP contribution is 2.59. The van der Waals surface area contributed by atoms with Crippen molar-refractivity contribution in [2.45, 2.75) is 25.2 Å². The van der Waals surface area contributed by atoms with Crippen molar-refractivity contribution in [1.82, 2.24) is 4.90 Å². The van der Waals surface area contributed by atoms with E-state index < -0.39 is 11.3 Å². The molecule has 3 aliphatic carbocycles. The highest BCUT2D eigenvalue weighted by atomic mass is 16.5. The van der Waals surface area contributed by atoms with Crippen molar-refractivity contribution in [3.05, 3.63) is 136 Å². The maximum atomic E-state index is 14.5. The number of aromatic hydroxyl groups is 1. The van der Waals surface area contributed by atoms with Crippen molar-refractivity contribution in [2.24, 2.45) is 5.92 Å². The lowest BCUT2D eigenvalue weighted by Crippen LogP contribution is -2.44. The molecule has 1 N–H and O–H groups in total. The molecule has 2 atom stereocenters. The molecule has 7 heteroatoms. The molecule has 0 spiro atoms. The van der Waals surface area contributed by atoms with E-state index in [1.165, 1.54) is 24.2 Å². The van der Waals surface area contributed by atoms with E-state index in [4.69, 9.17) is 4.74 Å². The topological polar surface area (TPSA) is 101 Å². The van der Waals surface area contributed by atoms with Crippen LogP contribution in [0.5, 0.6) is 11.5 Å². The highest BCUT2D eigenvalue weighted by molar-refractivity contribution is 6.38. The molecule has 0 bridgehead atoms. The number of carbonyl (C=O) groups is 4. The molecule has 0 radical (unpaired) electrons. The molecule has 44 heavy (non-hydrogen) atoms. The molecule has 2 amide bonds. The monoisotopic (exact) mass is 583 g/mol. The smallest absolute Gasteiger partial charge is 0.257 e. The number of ether oxygens (including phenoxy) is 1. The number of amides is 2. The third kappa shape index (κ3) is 3.68. The van der Waals surface area contributed by atoms with Crippen molar-refractivity contribution in [3.8, 4) is 11.5 Å². The van der Waals surface area contributed by atoms with Crippen LogP contribution in [0.15, 0.2) is 119 Å². The number of nitrogens with zero attached hydrogens (tertiary/aromatic N) is 1. The third-order valence-electron chi connectivity index (χ3n) is 9.29. The first-order valence-electron chi connectivity index (χ1n) is 14.6. The van der Waals surface area contributed by atoms with Gasteiger partial charge < -0.3 is 9.84 Å². The van der Waals surface area contributed by atoms with E-state index in [1.807, 2.05) is 54.6 Å². The number of hydrogen-bond donors (Lipinski definition) is 1. The number of hydrogen-bond acceptors (Lipinski definition) is 6. The Kier molecular flexibility index (Phi) is 6.36. The van der Waals surface area contributed by atoms with Crippen LogP contribution in [0.2, 0.25) is 0 Å². The lowest BCUT2D eigenvalue weighted by Gasteiger charge is -2.47. The maximum Gasteiger partial charge on any atom is 0.257 e. The van der Waals surface area contributed by atoms with Crippen LogP contribution in [0.1, 0.15) is 36.5 Å². The average molecular weight is 584 g/mol. The molecule has 7 nitrogen and oxygen atoms in total. The summed E-state index contributed by atoms with van der Waals surface area (Å²) >= 11 is 0. The molecule has 3 aromatic carbocycles. The molecule has 0 saturated carbocycles. The Labute approximate surface area is 254 Å². The normalized spacial score (nSPS) is 22.9. The number of likely N-dealkylation sites (N-methyl/N-ethyl adjacent to an activating group) is 1. The van der Waals surface area contributed by atoms with E-state index in [2.05, 4.69) is 0 Å². The lowest BCUT2D eigenvalue weighted by molar-refractivity contribution is -0.138. The van der Waals surface area contributed by atoms with Crippen LogP contribution in [0, 0.1) is 5.92 Å². The zero-order chi connectivity index (χ0) is 30.7. The first kappa shape index (κ1) is 27.5. The SMILES string of the molecule is CCN1C(=O)C2=C3CC4=C(C(=O)C=C(c5ccccc5)C4=O)C(c4ccccc4)(c4ccc(O)c(OC)c4)C3=CCC2C1=O. The molecule has 218 valence electrons. The molecule has 1 heterocycles. The van der Waals surface area contributed by atoms with E-state index in [1.54, 1.807) is 31.2 Å². The average Bonchev–Trinajstić information content (AvgIpc) is 3.31. The number of methoxy groups -OCH3 is 1. The Morgan fingerprint density at radius 1 is 0.909 bits per heavy atom. The standard InChI is InChI=1S/C37H29NO6/c1-3-38-35(42)24-15-16-28-26(32(24)36(38)43)19-27-33(30(40)20-25(34(27)41)21-10-6-4-7-11-21)37(28,22-12-8-5-9-13-22)23-14-17-29(39)31(18-23)44-2/h4-14,16-18,20,24,39H,3,15,19H2,1-2H3. The number of Topliss-reactive ketones (excluding diaryl/α,β-unsaturated/α-hetero) is 1. The molecule has 1 aliphatic heterocycles. The van der Waals surface area contributed by atoms with Gasteiger partial charge in [0.2, 0.25) is 5.91 Å². The molecular weight excluding hydrogens is 554 g/mol. The van der Waals surface area contributed by atoms with Gasteiger partial charge in [-0.15, -0.1) is 0 Å². The number of benzene rings is 3. The Morgan fingerprint density at radius 2 is 1.61 bits per heavy atom. The summed E-state index contributed by atoms with van der Waals surface area (Å²) in [4.78, 5) is 57.5. The first-order valence-corrected chi connectivity index (χ1v) is 14.6. The summed E-state index contributed by atoms with van der Waals surface area (Å²) in [6.45, 7) is 2.01. The minimum absolute atomic E-state index is 0.0438. The van der Waals surface area contributed by atoms with Crippen LogP contribution in [-0.4, -0.2) is 47.0 Å². The van der Waals surface area contributed by atoms with Crippen molar-refractivity contribution in [3.63, 3.8) is 0 Å². The summed E-state index contributed by atoms with van der Waals surface area (Å²) in [6.07, 6.45) is 3.70. The number of likely N-dealkylation sites (tertiary alicyclic amines) is 1. The van der Waals surface area contributed by atoms with Crippen LogP contribution < -0.4 is 4.74 Å². The summed E-state index contributed by atoms with van der Waals surface area (Å²) in [5.74, 6) is -1.74. The molecule has 0 aromatic heterocycles. The second-order valence-corrected chi connectivity index (χ2v) is 11.3. The quantitative estimate of drug-likeness (QED) is 0.325. The predicted molar refractivity (Wildman–Crippen MR) is 164 cm³/mol. The maximum absolute atomic E-state index is 14.5. The summed E-state index contributed by atoms with van der Waals surface area (Å²) in [7, 11) is 1.45. The summed E-state index contributed by atoms with van der Waals surface area (Å²) in [6, 6.07) is 23.4. The van der Waals surface area contributed by atoms with Gasteiger partial charge in [-0.1, -0.05) is 72.8 Å². The number of phenols is 1. The fraction of sp³-hybridized carbons (Fsp3) is 0.189. The van der Waals surface area contributed by atoms with Gasteiger partial charge in [0.15, 0.2) is 23.1 Å². The number of carbonyl (C=O) groups excluding carboxylic acids is 4. The molecule has 2 unspecified atom stereocenters. The zero-order valence-corrected chi connectivity index (χ0v) is 24.3. The molecule has 3 aromatic rings. The van der Waals surface area contributed by atoms with E-state index in [0.717, 1.165) is 0 Å². The first-order chi connectivity index (χ1) is 21.3. The molecular formula is C37H29NO6. The van der Waals surface area contributed by atoms with Crippen LogP contribution in [-0.2, 0) is 24.6 Å². The second-order valence-electron chi connectivity index (χ2n) is 11.3. The number of ketones is 2. The third-order valence-corrected chi connectivity index (χ3v) is 9.29. The Morgan fingerprint density at radius 3 is 2.30 bits per heavy atom. The van der Waals surface area contributed by atoms with E-state index in [-0.39, 0.29) is 59.8 Å². The minimum Gasteiger partial charge on any atom is -0.504 e. The van der Waals surface area contributed by atoms with Gasteiger partial charge in [-0.2, -0.15) is 0 Å². The molecule has 1 fully saturated rings. The van der Waals surface area contributed by atoms with Gasteiger partial charge >= 0.3 is 0 Å². The second kappa shape index (κ2) is 10.2. The number of phenolic OH excluding ortho intramolecular Hbond substituents is 1. The van der Waals surface area contributed by atoms with Crippen LogP contribution in [0.3, 0.4) is 0 Å². The predicted octanol–water partition coefficient (Wildman–Crippen LogP) is 5.25. The minimum atomic E-state index is -1.34. The van der Waals surface area contributed by atoms with Crippen molar-refractivity contribution in [2.75, 3.05) is 13.7 Å². The van der Waals surface area contributed by atoms with Crippen LogP contribution >= 0.6 is 0 Å². The number of allylic oxidation sites excluding steroid dienone is 7. The van der Waals surface area contributed by atoms with Crippen molar-refractivity contribution < 1.29 is 29.0 Å². The van der Waals surface area contributed by atoms with Gasteiger partial charge in [0.1, 0.15) is 0 Å². The summed E-state index contributed by atoms with van der Waals surface area (Å²) in [5, 5.41) is 10.6. The van der Waals surface area contributed by atoms with Crippen LogP contribution in [0.4, 0.5) is 0 Å². The fourth-order valence-electron chi connectivity index (χ4n) is 7.42. The Balaban J connectivity index is 1.60. The molecule has 7 rings (SSSR count). The largest absolute Gasteiger partial charge is 0.504 e. The van der Waals surface area contributed by atoms with E-state index in [9.17, 15) is 24.3 Å². The van der Waals surface area contributed by atoms with E-state index in [0.29, 0.717) is 44.6 Å².